The zero-order valence-corrected chi connectivity index (χ0v) is 19.1. The van der Waals surface area contributed by atoms with Crippen LogP contribution in [0.4, 0.5) is 46.4 Å². The lowest BCUT2D eigenvalue weighted by Gasteiger charge is -2.15. The van der Waals surface area contributed by atoms with Crippen molar-refractivity contribution in [3.63, 3.8) is 0 Å². The Bertz CT molecular complexity index is 1440. The lowest BCUT2D eigenvalue weighted by molar-refractivity contribution is -0.137. The molecule has 36 heavy (non-hydrogen) atoms. The van der Waals surface area contributed by atoms with Gasteiger partial charge in [-0.05, 0) is 35.9 Å². The summed E-state index contributed by atoms with van der Waals surface area (Å²) in [5, 5.41) is 10.00. The molecule has 2 aromatic carbocycles. The summed E-state index contributed by atoms with van der Waals surface area (Å²) in [4.78, 5) is 12.2. The van der Waals surface area contributed by atoms with E-state index in [1.165, 1.54) is 47.4 Å². The van der Waals surface area contributed by atoms with Crippen molar-refractivity contribution in [2.75, 3.05) is 16.4 Å². The Balaban J connectivity index is 1.72. The molecule has 0 aliphatic rings. The van der Waals surface area contributed by atoms with Crippen molar-refractivity contribution >= 4 is 28.8 Å². The molecule has 0 saturated heterocycles. The first-order chi connectivity index (χ1) is 17.0. The number of hydrogen-bond donors (Lipinski definition) is 3. The minimum Gasteiger partial charge on any atom is -0.399 e. The van der Waals surface area contributed by atoms with Crippen LogP contribution >= 0.6 is 0 Å². The second-order valence-electron chi connectivity index (χ2n) is 8.30. The normalized spacial score (nSPS) is 11.7. The zero-order valence-electron chi connectivity index (χ0n) is 19.1. The third kappa shape index (κ3) is 5.20. The van der Waals surface area contributed by atoms with E-state index in [4.69, 9.17) is 12.3 Å². The van der Waals surface area contributed by atoms with E-state index in [1.54, 1.807) is 20.0 Å². The summed E-state index contributed by atoms with van der Waals surface area (Å²) in [6.45, 7) is 10.7. The molecule has 12 heteroatoms. The van der Waals surface area contributed by atoms with E-state index in [1.807, 2.05) is 0 Å². The van der Waals surface area contributed by atoms with Crippen LogP contribution in [0.5, 0.6) is 0 Å². The third-order valence-corrected chi connectivity index (χ3v) is 5.23. The summed E-state index contributed by atoms with van der Waals surface area (Å²) in [7, 11) is 0. The Morgan fingerprint density at radius 2 is 1.75 bits per heavy atom. The molecule has 0 unspecified atom stereocenters. The number of nitrogens with one attached hydrogen (secondary N) is 2. The number of nitrogens with zero attached hydrogens (tertiary/aromatic N) is 5. The summed E-state index contributed by atoms with van der Waals surface area (Å²) in [5.74, 6) is -0.360. The molecule has 0 fully saturated rings. The van der Waals surface area contributed by atoms with Crippen molar-refractivity contribution in [1.82, 2.24) is 19.7 Å². The first-order valence-electron chi connectivity index (χ1n) is 10.5. The summed E-state index contributed by atoms with van der Waals surface area (Å²) in [5.41, 5.74) is 5.62. The average molecular weight is 496 g/mol. The summed E-state index contributed by atoms with van der Waals surface area (Å²) >= 11 is 0. The standard InChI is InChI=1S/C24H20F4N8/c1-23(2,30-3)36-13-17(11-32-36)33-22-31-12-18(14-4-6-15(7-5-14)24(26,27)28)21(35-22)34-20-10-16(29)8-9-19(20)25/h4-13H,29H2,1-2H3,(H2,31,33,34,35). The number of alkyl halides is 3. The van der Waals surface area contributed by atoms with Crippen LogP contribution in [-0.4, -0.2) is 19.7 Å². The van der Waals surface area contributed by atoms with Gasteiger partial charge in [0.1, 0.15) is 11.6 Å². The minimum atomic E-state index is -4.49. The number of aromatic nitrogens is 4. The van der Waals surface area contributed by atoms with Crippen LogP contribution in [0.3, 0.4) is 0 Å². The number of halogens is 4. The van der Waals surface area contributed by atoms with E-state index in [0.717, 1.165) is 12.1 Å². The fourth-order valence-electron chi connectivity index (χ4n) is 3.22. The van der Waals surface area contributed by atoms with Crippen molar-refractivity contribution in [3.05, 3.63) is 83.9 Å². The van der Waals surface area contributed by atoms with E-state index in [2.05, 4.69) is 30.5 Å². The minimum absolute atomic E-state index is 0.0273. The molecule has 0 saturated carbocycles. The second-order valence-corrected chi connectivity index (χ2v) is 8.30. The van der Waals surface area contributed by atoms with Crippen LogP contribution in [-0.2, 0) is 11.8 Å². The molecule has 2 aromatic heterocycles. The summed E-state index contributed by atoms with van der Waals surface area (Å²) in [6, 6.07) is 8.41. The highest BCUT2D eigenvalue weighted by atomic mass is 19.4. The van der Waals surface area contributed by atoms with Gasteiger partial charge in [0.05, 0.1) is 29.3 Å². The highest BCUT2D eigenvalue weighted by Crippen LogP contribution is 2.34. The quantitative estimate of drug-likeness (QED) is 0.168. The van der Waals surface area contributed by atoms with Crippen LogP contribution in [0.25, 0.3) is 16.0 Å². The molecule has 8 nitrogen and oxygen atoms in total. The van der Waals surface area contributed by atoms with Crippen LogP contribution in [0.1, 0.15) is 19.4 Å². The molecule has 4 rings (SSSR count). The van der Waals surface area contributed by atoms with Gasteiger partial charge in [-0.2, -0.15) is 27.9 Å². The number of hydrogen-bond acceptors (Lipinski definition) is 6. The molecule has 0 amide bonds. The molecule has 4 aromatic rings. The Morgan fingerprint density at radius 3 is 2.42 bits per heavy atom. The van der Waals surface area contributed by atoms with E-state index in [-0.39, 0.29) is 17.5 Å². The molecule has 0 spiro atoms. The third-order valence-electron chi connectivity index (χ3n) is 5.23. The molecular formula is C24H20F4N8. The molecule has 0 atom stereocenters. The SMILES string of the molecule is [C-]#[N+]C(C)(C)n1cc(Nc2ncc(-c3ccc(C(F)(F)F)cc3)c(Nc3cc(N)ccc3F)n2)cn1. The molecule has 0 aliphatic carbocycles. The van der Waals surface area contributed by atoms with Gasteiger partial charge in [0.25, 0.3) is 0 Å². The zero-order chi connectivity index (χ0) is 26.1. The van der Waals surface area contributed by atoms with E-state index in [9.17, 15) is 17.6 Å². The lowest BCUT2D eigenvalue weighted by Crippen LogP contribution is -2.21. The Morgan fingerprint density at radius 1 is 1.03 bits per heavy atom. The van der Waals surface area contributed by atoms with Gasteiger partial charge in [0, 0.05) is 31.3 Å². The molecule has 0 bridgehead atoms. The molecule has 2 heterocycles. The summed E-state index contributed by atoms with van der Waals surface area (Å²) in [6.07, 6.45) is 0.0133. The predicted octanol–water partition coefficient (Wildman–Crippen LogP) is 6.18. The van der Waals surface area contributed by atoms with Crippen LogP contribution in [0.15, 0.2) is 61.1 Å². The maximum Gasteiger partial charge on any atom is 0.416 e. The molecule has 0 radical (unpaired) electrons. The average Bonchev–Trinajstić information content (AvgIpc) is 3.31. The first-order valence-corrected chi connectivity index (χ1v) is 10.5. The highest BCUT2D eigenvalue weighted by Gasteiger charge is 2.30. The maximum absolute atomic E-state index is 14.4. The monoisotopic (exact) mass is 496 g/mol. The van der Waals surface area contributed by atoms with Gasteiger partial charge in [-0.1, -0.05) is 12.1 Å². The van der Waals surface area contributed by atoms with E-state index in [0.29, 0.717) is 22.5 Å². The smallest absolute Gasteiger partial charge is 0.399 e. The largest absolute Gasteiger partial charge is 0.416 e. The van der Waals surface area contributed by atoms with Crippen molar-refractivity contribution in [2.24, 2.45) is 0 Å². The molecule has 0 aliphatic heterocycles. The van der Waals surface area contributed by atoms with Gasteiger partial charge in [0.15, 0.2) is 0 Å². The number of rotatable bonds is 6. The van der Waals surface area contributed by atoms with Gasteiger partial charge in [-0.3, -0.25) is 4.85 Å². The van der Waals surface area contributed by atoms with Gasteiger partial charge < -0.3 is 16.4 Å². The first kappa shape index (κ1) is 24.5. The maximum atomic E-state index is 14.4. The van der Waals surface area contributed by atoms with E-state index < -0.39 is 23.2 Å². The van der Waals surface area contributed by atoms with Crippen molar-refractivity contribution in [3.8, 4) is 11.1 Å². The van der Waals surface area contributed by atoms with Gasteiger partial charge in [-0.15, -0.1) is 0 Å². The van der Waals surface area contributed by atoms with Crippen molar-refractivity contribution in [2.45, 2.75) is 25.7 Å². The molecule has 4 N–H and O–H groups in total. The van der Waals surface area contributed by atoms with Crippen LogP contribution in [0.2, 0.25) is 0 Å². The highest BCUT2D eigenvalue weighted by molar-refractivity contribution is 5.79. The number of nitrogens with two attached hydrogens (primary N) is 1. The van der Waals surface area contributed by atoms with Crippen molar-refractivity contribution in [1.29, 1.82) is 0 Å². The molecule has 184 valence electrons. The number of benzene rings is 2. The van der Waals surface area contributed by atoms with Crippen LogP contribution < -0.4 is 16.4 Å². The van der Waals surface area contributed by atoms with Gasteiger partial charge in [0.2, 0.25) is 5.95 Å². The van der Waals surface area contributed by atoms with Gasteiger partial charge >= 0.3 is 11.8 Å². The van der Waals surface area contributed by atoms with Crippen molar-refractivity contribution < 1.29 is 17.6 Å². The van der Waals surface area contributed by atoms with Crippen LogP contribution in [0, 0.1) is 12.4 Å². The summed E-state index contributed by atoms with van der Waals surface area (Å²) < 4.78 is 54.9. The fourth-order valence-corrected chi connectivity index (χ4v) is 3.22. The lowest BCUT2D eigenvalue weighted by atomic mass is 10.1. The topological polar surface area (TPSA) is 98.0 Å². The Hall–Kier alpha value is -4.66. The Labute approximate surface area is 203 Å². The number of anilines is 5. The predicted molar refractivity (Wildman–Crippen MR) is 128 cm³/mol. The van der Waals surface area contributed by atoms with E-state index >= 15 is 0 Å². The number of nitrogen functional groups attached to an aromatic ring is 1. The fraction of sp³-hybridized carbons (Fsp3) is 0.167. The molecular weight excluding hydrogens is 476 g/mol. The Kier molecular flexibility index (Phi) is 6.24. The second kappa shape index (κ2) is 9.18. The van der Waals surface area contributed by atoms with Gasteiger partial charge in [-0.25, -0.2) is 15.9 Å².